The van der Waals surface area contributed by atoms with Gasteiger partial charge in [-0.15, -0.1) is 0 Å². The summed E-state index contributed by atoms with van der Waals surface area (Å²) < 4.78 is 6.19. The Balaban J connectivity index is 1.80. The largest absolute Gasteiger partial charge is 0.371 e. The number of aryl methyl sites for hydroxylation is 1. The van der Waals surface area contributed by atoms with Crippen molar-refractivity contribution >= 4 is 11.8 Å². The van der Waals surface area contributed by atoms with Crippen molar-refractivity contribution in [2.24, 2.45) is 0 Å². The van der Waals surface area contributed by atoms with E-state index in [0.29, 0.717) is 0 Å². The number of rotatable bonds is 2. The highest BCUT2D eigenvalue weighted by Gasteiger charge is 2.39. The zero-order valence-corrected chi connectivity index (χ0v) is 14.2. The molecule has 0 amide bonds. The van der Waals surface area contributed by atoms with Gasteiger partial charge in [-0.1, -0.05) is 0 Å². The highest BCUT2D eigenvalue weighted by molar-refractivity contribution is 5.46. The number of nitrogens with zero attached hydrogens (tertiary/aromatic N) is 5. The Morgan fingerprint density at radius 1 is 1.18 bits per heavy atom. The fraction of sp³-hybridized carbons (Fsp3) is 0.750. The number of morpholine rings is 1. The van der Waals surface area contributed by atoms with E-state index in [1.807, 2.05) is 25.9 Å². The van der Waals surface area contributed by atoms with Crippen LogP contribution in [0.3, 0.4) is 0 Å². The summed E-state index contributed by atoms with van der Waals surface area (Å²) in [7, 11) is 6.15. The van der Waals surface area contributed by atoms with E-state index >= 15 is 0 Å². The normalized spacial score (nSPS) is 22.1. The van der Waals surface area contributed by atoms with Crippen molar-refractivity contribution < 1.29 is 4.74 Å². The lowest BCUT2D eigenvalue weighted by molar-refractivity contribution is -0.0884. The van der Waals surface area contributed by atoms with Crippen molar-refractivity contribution in [3.8, 4) is 0 Å². The lowest BCUT2D eigenvalue weighted by atomic mass is 9.89. The van der Waals surface area contributed by atoms with Crippen molar-refractivity contribution in [1.82, 2.24) is 14.9 Å². The third-order valence-electron chi connectivity index (χ3n) is 4.70. The summed E-state index contributed by atoms with van der Waals surface area (Å²) in [6, 6.07) is 2.08. The molecule has 0 saturated carbocycles. The molecule has 3 heterocycles. The second-order valence-corrected chi connectivity index (χ2v) is 6.82. The molecule has 6 heteroatoms. The van der Waals surface area contributed by atoms with Gasteiger partial charge in [0.2, 0.25) is 5.95 Å². The number of hydrogen-bond acceptors (Lipinski definition) is 6. The Labute approximate surface area is 133 Å². The number of anilines is 2. The van der Waals surface area contributed by atoms with Gasteiger partial charge in [0, 0.05) is 52.0 Å². The van der Waals surface area contributed by atoms with Gasteiger partial charge in [0.25, 0.3) is 0 Å². The topological polar surface area (TPSA) is 44.7 Å². The molecular formula is C16H27N5O. The summed E-state index contributed by atoms with van der Waals surface area (Å²) in [4.78, 5) is 15.9. The molecule has 3 rings (SSSR count). The molecule has 0 N–H and O–H groups in total. The molecule has 2 saturated heterocycles. The van der Waals surface area contributed by atoms with Crippen LogP contribution in [0.25, 0.3) is 0 Å². The summed E-state index contributed by atoms with van der Waals surface area (Å²) >= 11 is 0. The van der Waals surface area contributed by atoms with E-state index in [2.05, 4.69) is 27.9 Å². The van der Waals surface area contributed by atoms with Gasteiger partial charge in [-0.05, 0) is 26.8 Å². The molecule has 0 unspecified atom stereocenters. The first-order valence-electron chi connectivity index (χ1n) is 8.08. The van der Waals surface area contributed by atoms with Crippen LogP contribution in [0.15, 0.2) is 6.07 Å². The summed E-state index contributed by atoms with van der Waals surface area (Å²) in [6.07, 6.45) is 2.20. The van der Waals surface area contributed by atoms with Crippen molar-refractivity contribution in [2.75, 3.05) is 63.7 Å². The molecule has 1 spiro atoms. The first kappa shape index (κ1) is 15.5. The molecule has 2 aliphatic rings. The van der Waals surface area contributed by atoms with Crippen molar-refractivity contribution in [1.29, 1.82) is 0 Å². The molecule has 0 aliphatic carbocycles. The fourth-order valence-electron chi connectivity index (χ4n) is 3.27. The van der Waals surface area contributed by atoms with Crippen LogP contribution in [0, 0.1) is 6.92 Å². The van der Waals surface area contributed by atoms with Gasteiger partial charge in [-0.3, -0.25) is 0 Å². The molecule has 2 fully saturated rings. The van der Waals surface area contributed by atoms with E-state index in [9.17, 15) is 0 Å². The lowest BCUT2D eigenvalue weighted by Gasteiger charge is -2.47. The third-order valence-corrected chi connectivity index (χ3v) is 4.70. The van der Waals surface area contributed by atoms with E-state index in [-0.39, 0.29) is 5.60 Å². The Bertz CT molecular complexity index is 525. The first-order valence-corrected chi connectivity index (χ1v) is 8.08. The predicted octanol–water partition coefficient (Wildman–Crippen LogP) is 1.15. The molecule has 1 aromatic heterocycles. The molecule has 6 nitrogen and oxygen atoms in total. The van der Waals surface area contributed by atoms with Crippen molar-refractivity contribution in [3.05, 3.63) is 11.8 Å². The minimum Gasteiger partial charge on any atom is -0.371 e. The number of ether oxygens (including phenoxy) is 1. The minimum atomic E-state index is 0.00188. The highest BCUT2D eigenvalue weighted by Crippen LogP contribution is 2.31. The van der Waals surface area contributed by atoms with Crippen LogP contribution >= 0.6 is 0 Å². The summed E-state index contributed by atoms with van der Waals surface area (Å²) in [5.41, 5.74) is 1.01. The average Bonchev–Trinajstić information content (AvgIpc) is 2.50. The van der Waals surface area contributed by atoms with E-state index < -0.39 is 0 Å². The van der Waals surface area contributed by atoms with Gasteiger partial charge in [-0.25, -0.2) is 4.98 Å². The van der Waals surface area contributed by atoms with Gasteiger partial charge in [0.15, 0.2) is 0 Å². The minimum absolute atomic E-state index is 0.00188. The Morgan fingerprint density at radius 2 is 1.91 bits per heavy atom. The number of aromatic nitrogens is 2. The summed E-state index contributed by atoms with van der Waals surface area (Å²) in [6.45, 7) is 6.87. The third kappa shape index (κ3) is 3.17. The van der Waals surface area contributed by atoms with Crippen LogP contribution < -0.4 is 9.80 Å². The van der Waals surface area contributed by atoms with Crippen LogP contribution in [0.2, 0.25) is 0 Å². The zero-order valence-electron chi connectivity index (χ0n) is 14.2. The SMILES string of the molecule is Cc1cc(N2CCOC3(CCN(C)CC3)C2)nc(N(C)C)n1. The predicted molar refractivity (Wildman–Crippen MR) is 88.7 cm³/mol. The maximum Gasteiger partial charge on any atom is 0.226 e. The highest BCUT2D eigenvalue weighted by atomic mass is 16.5. The molecule has 0 aromatic carbocycles. The van der Waals surface area contributed by atoms with Crippen LogP contribution in [0.5, 0.6) is 0 Å². The van der Waals surface area contributed by atoms with Gasteiger partial charge in [-0.2, -0.15) is 4.98 Å². The van der Waals surface area contributed by atoms with Gasteiger partial charge >= 0.3 is 0 Å². The molecule has 1 aromatic rings. The van der Waals surface area contributed by atoms with Gasteiger partial charge < -0.3 is 19.4 Å². The standard InChI is InChI=1S/C16H27N5O/c1-13-11-14(18-15(17-13)19(2)3)21-9-10-22-16(12-21)5-7-20(4)8-6-16/h11H,5-10,12H2,1-4H3. The van der Waals surface area contributed by atoms with Crippen LogP contribution in [0.1, 0.15) is 18.5 Å². The second-order valence-electron chi connectivity index (χ2n) is 6.82. The Kier molecular flexibility index (Phi) is 4.23. The molecule has 0 atom stereocenters. The molecule has 0 bridgehead atoms. The van der Waals surface area contributed by atoms with Crippen LogP contribution in [-0.4, -0.2) is 74.4 Å². The molecular weight excluding hydrogens is 278 g/mol. The summed E-state index contributed by atoms with van der Waals surface area (Å²) in [5.74, 6) is 1.80. The Hall–Kier alpha value is -1.40. The average molecular weight is 305 g/mol. The zero-order chi connectivity index (χ0) is 15.7. The maximum absolute atomic E-state index is 6.19. The molecule has 22 heavy (non-hydrogen) atoms. The quantitative estimate of drug-likeness (QED) is 0.817. The number of piperidine rings is 1. The van der Waals surface area contributed by atoms with E-state index in [0.717, 1.165) is 63.1 Å². The van der Waals surface area contributed by atoms with E-state index in [1.54, 1.807) is 0 Å². The molecule has 122 valence electrons. The van der Waals surface area contributed by atoms with Gasteiger partial charge in [0.05, 0.1) is 12.2 Å². The smallest absolute Gasteiger partial charge is 0.226 e. The maximum atomic E-state index is 6.19. The van der Waals surface area contributed by atoms with Crippen molar-refractivity contribution in [2.45, 2.75) is 25.4 Å². The molecule has 0 radical (unpaired) electrons. The van der Waals surface area contributed by atoms with Gasteiger partial charge in [0.1, 0.15) is 5.82 Å². The first-order chi connectivity index (χ1) is 10.5. The molecule has 2 aliphatic heterocycles. The second kappa shape index (κ2) is 6.01. The summed E-state index contributed by atoms with van der Waals surface area (Å²) in [5, 5.41) is 0. The number of likely N-dealkylation sites (tertiary alicyclic amines) is 1. The monoisotopic (exact) mass is 305 g/mol. The van der Waals surface area contributed by atoms with Crippen molar-refractivity contribution in [3.63, 3.8) is 0 Å². The van der Waals surface area contributed by atoms with Crippen LogP contribution in [-0.2, 0) is 4.74 Å². The number of hydrogen-bond donors (Lipinski definition) is 0. The van der Waals surface area contributed by atoms with E-state index in [1.165, 1.54) is 0 Å². The lowest BCUT2D eigenvalue weighted by Crippen LogP contribution is -2.56. The fourth-order valence-corrected chi connectivity index (χ4v) is 3.27. The van der Waals surface area contributed by atoms with E-state index in [4.69, 9.17) is 9.72 Å². The van der Waals surface area contributed by atoms with Crippen LogP contribution in [0.4, 0.5) is 11.8 Å². The Morgan fingerprint density at radius 3 is 2.59 bits per heavy atom.